The van der Waals surface area contributed by atoms with Crippen molar-refractivity contribution in [2.75, 3.05) is 19.5 Å². The second-order valence-corrected chi connectivity index (χ2v) is 7.45. The summed E-state index contributed by atoms with van der Waals surface area (Å²) in [5.74, 6) is 1.60. The number of hydrogen-bond donors (Lipinski definition) is 2. The first-order valence-corrected chi connectivity index (χ1v) is 10.0. The third kappa shape index (κ3) is 3.88. The summed E-state index contributed by atoms with van der Waals surface area (Å²) in [5, 5.41) is 19.8. The van der Waals surface area contributed by atoms with Crippen molar-refractivity contribution in [2.45, 2.75) is 32.4 Å². The van der Waals surface area contributed by atoms with Crippen LogP contribution in [0.1, 0.15) is 34.7 Å². The zero-order chi connectivity index (χ0) is 20.3. The Bertz CT molecular complexity index is 874. The molecule has 0 spiro atoms. The molecule has 1 fully saturated rings. The second kappa shape index (κ2) is 8.70. The minimum absolute atomic E-state index is 0.0136. The first-order valence-electron chi connectivity index (χ1n) is 8.99. The lowest BCUT2D eigenvalue weighted by Crippen LogP contribution is -2.28. The van der Waals surface area contributed by atoms with Crippen molar-refractivity contribution >= 4 is 17.7 Å². The molecule has 1 atom stereocenters. The van der Waals surface area contributed by atoms with E-state index in [9.17, 15) is 15.0 Å². The summed E-state index contributed by atoms with van der Waals surface area (Å²) in [4.78, 5) is 18.4. The Balaban J connectivity index is 1.95. The number of thioether (sulfide) groups is 1. The number of methoxy groups -OCH3 is 1. The van der Waals surface area contributed by atoms with E-state index in [4.69, 9.17) is 9.47 Å². The molecule has 150 valence electrons. The number of nitrogens with zero attached hydrogens (tertiary/aromatic N) is 2. The molecule has 0 bridgehead atoms. The number of rotatable bonds is 7. The monoisotopic (exact) mass is 404 g/mol. The van der Waals surface area contributed by atoms with Gasteiger partial charge in [0.25, 0.3) is 0 Å². The Morgan fingerprint density at radius 3 is 2.82 bits per heavy atom. The highest BCUT2D eigenvalue weighted by molar-refractivity contribution is 8.00. The lowest BCUT2D eigenvalue weighted by Gasteiger charge is -2.26. The van der Waals surface area contributed by atoms with E-state index >= 15 is 0 Å². The van der Waals surface area contributed by atoms with Gasteiger partial charge in [0.2, 0.25) is 5.91 Å². The molecular weight excluding hydrogens is 380 g/mol. The Hall–Kier alpha value is -2.45. The van der Waals surface area contributed by atoms with E-state index in [0.29, 0.717) is 40.7 Å². The van der Waals surface area contributed by atoms with Gasteiger partial charge in [0.05, 0.1) is 38.3 Å². The minimum Gasteiger partial charge on any atom is -0.506 e. The first kappa shape index (κ1) is 20.3. The van der Waals surface area contributed by atoms with Gasteiger partial charge in [0.15, 0.2) is 11.5 Å². The zero-order valence-electron chi connectivity index (χ0n) is 16.1. The van der Waals surface area contributed by atoms with Crippen LogP contribution < -0.4 is 9.47 Å². The number of aromatic nitrogens is 1. The number of amides is 1. The van der Waals surface area contributed by atoms with Crippen LogP contribution in [0.4, 0.5) is 0 Å². The predicted molar refractivity (Wildman–Crippen MR) is 106 cm³/mol. The van der Waals surface area contributed by atoms with Crippen molar-refractivity contribution in [3.8, 4) is 17.2 Å². The van der Waals surface area contributed by atoms with Crippen molar-refractivity contribution in [3.05, 3.63) is 46.8 Å². The molecule has 0 aliphatic carbocycles. The quantitative estimate of drug-likeness (QED) is 0.733. The van der Waals surface area contributed by atoms with E-state index in [0.717, 1.165) is 5.56 Å². The predicted octanol–water partition coefficient (Wildman–Crippen LogP) is 2.77. The smallest absolute Gasteiger partial charge is 0.234 e. The van der Waals surface area contributed by atoms with Crippen LogP contribution in [0.2, 0.25) is 0 Å². The fraction of sp³-hybridized carbons (Fsp3) is 0.400. The molecule has 1 aliphatic rings. The number of hydrogen-bond acceptors (Lipinski definition) is 7. The van der Waals surface area contributed by atoms with Crippen LogP contribution >= 0.6 is 11.8 Å². The zero-order valence-corrected chi connectivity index (χ0v) is 17.0. The lowest BCUT2D eigenvalue weighted by molar-refractivity contribution is -0.128. The summed E-state index contributed by atoms with van der Waals surface area (Å²) in [5.41, 5.74) is 2.41. The molecule has 1 aliphatic heterocycles. The molecule has 1 saturated heterocycles. The molecule has 28 heavy (non-hydrogen) atoms. The van der Waals surface area contributed by atoms with Gasteiger partial charge in [0.1, 0.15) is 11.1 Å². The van der Waals surface area contributed by atoms with E-state index in [-0.39, 0.29) is 30.2 Å². The topological polar surface area (TPSA) is 92.1 Å². The molecule has 1 aromatic heterocycles. The summed E-state index contributed by atoms with van der Waals surface area (Å²) in [6, 6.07) is 5.63. The molecule has 1 unspecified atom stereocenters. The number of carbonyl (C=O) groups is 1. The van der Waals surface area contributed by atoms with E-state index in [1.54, 1.807) is 18.9 Å². The maximum absolute atomic E-state index is 12.6. The standard InChI is InChI=1S/C20H24N2O5S/c1-4-27-17-7-13(5-6-16(17)26-3)20-22(18(24)11-28-20)9-15-14(10-23)8-21-12(2)19(15)25/h5-8,20,23,25H,4,9-11H2,1-3H3. The van der Waals surface area contributed by atoms with Crippen LogP contribution in [0.5, 0.6) is 17.2 Å². The summed E-state index contributed by atoms with van der Waals surface area (Å²) in [7, 11) is 1.59. The first-order chi connectivity index (χ1) is 13.5. The largest absolute Gasteiger partial charge is 0.506 e. The fourth-order valence-electron chi connectivity index (χ4n) is 3.18. The summed E-state index contributed by atoms with van der Waals surface area (Å²) < 4.78 is 11.0. The van der Waals surface area contributed by atoms with Gasteiger partial charge in [0, 0.05) is 17.3 Å². The molecule has 8 heteroatoms. The number of aromatic hydroxyl groups is 1. The van der Waals surface area contributed by atoms with Gasteiger partial charge in [-0.15, -0.1) is 11.8 Å². The van der Waals surface area contributed by atoms with E-state index < -0.39 is 0 Å². The van der Waals surface area contributed by atoms with Gasteiger partial charge in [-0.2, -0.15) is 0 Å². The average molecular weight is 404 g/mol. The third-order valence-corrected chi connectivity index (χ3v) is 5.93. The van der Waals surface area contributed by atoms with Gasteiger partial charge in [-0.05, 0) is 31.5 Å². The molecule has 1 aromatic carbocycles. The van der Waals surface area contributed by atoms with Crippen molar-refractivity contribution in [1.29, 1.82) is 0 Å². The minimum atomic E-state index is -0.257. The Labute approximate surface area is 168 Å². The molecule has 2 aromatic rings. The average Bonchev–Trinajstić information content (AvgIpc) is 3.06. The number of carbonyl (C=O) groups excluding carboxylic acids is 1. The number of aliphatic hydroxyl groups excluding tert-OH is 1. The maximum Gasteiger partial charge on any atom is 0.234 e. The van der Waals surface area contributed by atoms with Crippen molar-refractivity contribution in [1.82, 2.24) is 9.88 Å². The summed E-state index contributed by atoms with van der Waals surface area (Å²) >= 11 is 1.51. The van der Waals surface area contributed by atoms with Gasteiger partial charge in [-0.1, -0.05) is 6.07 Å². The van der Waals surface area contributed by atoms with Gasteiger partial charge < -0.3 is 24.6 Å². The molecule has 0 radical (unpaired) electrons. The van der Waals surface area contributed by atoms with Crippen LogP contribution in [0.3, 0.4) is 0 Å². The Kier molecular flexibility index (Phi) is 6.31. The molecule has 2 heterocycles. The van der Waals surface area contributed by atoms with Crippen LogP contribution in [-0.2, 0) is 17.9 Å². The third-order valence-electron chi connectivity index (χ3n) is 4.67. The van der Waals surface area contributed by atoms with Gasteiger partial charge >= 0.3 is 0 Å². The van der Waals surface area contributed by atoms with E-state index in [1.165, 1.54) is 18.0 Å². The number of ether oxygens (including phenoxy) is 2. The molecule has 3 rings (SSSR count). The normalized spacial score (nSPS) is 16.5. The highest BCUT2D eigenvalue weighted by Gasteiger charge is 2.34. The highest BCUT2D eigenvalue weighted by Crippen LogP contribution is 2.43. The number of benzene rings is 1. The van der Waals surface area contributed by atoms with Crippen molar-refractivity contribution in [3.63, 3.8) is 0 Å². The number of pyridine rings is 1. The van der Waals surface area contributed by atoms with Crippen LogP contribution in [-0.4, -0.2) is 45.5 Å². The summed E-state index contributed by atoms with van der Waals surface area (Å²) in [6.07, 6.45) is 1.54. The van der Waals surface area contributed by atoms with Gasteiger partial charge in [-0.25, -0.2) is 0 Å². The maximum atomic E-state index is 12.6. The molecule has 7 nitrogen and oxygen atoms in total. The molecular formula is C20H24N2O5S. The second-order valence-electron chi connectivity index (χ2n) is 6.38. The Morgan fingerprint density at radius 2 is 2.14 bits per heavy atom. The molecule has 2 N–H and O–H groups in total. The molecule has 1 amide bonds. The fourth-order valence-corrected chi connectivity index (χ4v) is 4.36. The van der Waals surface area contributed by atoms with Crippen LogP contribution in [0.25, 0.3) is 0 Å². The van der Waals surface area contributed by atoms with Crippen molar-refractivity contribution in [2.24, 2.45) is 0 Å². The van der Waals surface area contributed by atoms with E-state index in [2.05, 4.69) is 4.98 Å². The Morgan fingerprint density at radius 1 is 1.36 bits per heavy atom. The van der Waals surface area contributed by atoms with Crippen LogP contribution in [0.15, 0.2) is 24.4 Å². The van der Waals surface area contributed by atoms with Crippen LogP contribution in [0, 0.1) is 6.92 Å². The van der Waals surface area contributed by atoms with Crippen molar-refractivity contribution < 1.29 is 24.5 Å². The van der Waals surface area contributed by atoms with Gasteiger partial charge in [-0.3, -0.25) is 9.78 Å². The number of aliphatic hydroxyl groups is 1. The summed E-state index contributed by atoms with van der Waals surface area (Å²) in [6.45, 7) is 4.03. The molecule has 0 saturated carbocycles. The van der Waals surface area contributed by atoms with E-state index in [1.807, 2.05) is 25.1 Å². The lowest BCUT2D eigenvalue weighted by atomic mass is 10.1. The SMILES string of the molecule is CCOc1cc(C2SCC(=O)N2Cc2c(CO)cnc(C)c2O)ccc1OC. The number of aryl methyl sites for hydroxylation is 1. The highest BCUT2D eigenvalue weighted by atomic mass is 32.2.